The SMILES string of the molecule is CC/C=C\C/C=C\C/C=C\C/C=C\C/C=C\C/C=C\CCC(=O)OCC(COC(=O)CCCCCCCCCCCCC)OC(=O)CCCC/C=C\C/C=C\C/C=C\CC. The summed E-state index contributed by atoms with van der Waals surface area (Å²) in [6, 6.07) is 0. The molecule has 0 fully saturated rings. The van der Waals surface area contributed by atoms with E-state index in [0.29, 0.717) is 19.3 Å². The number of hydrogen-bond donors (Lipinski definition) is 0. The lowest BCUT2D eigenvalue weighted by molar-refractivity contribution is -0.166. The predicted molar refractivity (Wildman–Crippen MR) is 256 cm³/mol. The molecular weight excluding hydrogens is 745 g/mol. The molecule has 0 saturated carbocycles. The van der Waals surface area contributed by atoms with Crippen LogP contribution in [0.3, 0.4) is 0 Å². The van der Waals surface area contributed by atoms with E-state index in [2.05, 4.69) is 118 Å². The number of rotatable bonds is 41. The number of ether oxygens (including phenoxy) is 3. The van der Waals surface area contributed by atoms with Crippen LogP contribution >= 0.6 is 0 Å². The van der Waals surface area contributed by atoms with Crippen molar-refractivity contribution in [3.8, 4) is 0 Å². The first-order valence-corrected chi connectivity index (χ1v) is 23.9. The van der Waals surface area contributed by atoms with Gasteiger partial charge in [-0.2, -0.15) is 0 Å². The van der Waals surface area contributed by atoms with Gasteiger partial charge in [-0.25, -0.2) is 0 Å². The average molecular weight is 831 g/mol. The third kappa shape index (κ3) is 45.2. The van der Waals surface area contributed by atoms with Crippen LogP contribution in [0.15, 0.2) is 109 Å². The van der Waals surface area contributed by atoms with E-state index >= 15 is 0 Å². The molecular formula is C54H86O6. The highest BCUT2D eigenvalue weighted by atomic mass is 16.6. The fourth-order valence-electron chi connectivity index (χ4n) is 6.01. The lowest BCUT2D eigenvalue weighted by atomic mass is 10.1. The van der Waals surface area contributed by atoms with Gasteiger partial charge in [-0.15, -0.1) is 0 Å². The van der Waals surface area contributed by atoms with E-state index in [1.807, 2.05) is 12.2 Å². The Morgan fingerprint density at radius 2 is 0.683 bits per heavy atom. The van der Waals surface area contributed by atoms with Gasteiger partial charge in [-0.1, -0.05) is 194 Å². The molecule has 60 heavy (non-hydrogen) atoms. The number of carbonyl (C=O) groups excluding carboxylic acids is 3. The van der Waals surface area contributed by atoms with E-state index in [4.69, 9.17) is 14.2 Å². The minimum Gasteiger partial charge on any atom is -0.462 e. The highest BCUT2D eigenvalue weighted by molar-refractivity contribution is 5.71. The summed E-state index contributed by atoms with van der Waals surface area (Å²) in [4.78, 5) is 37.8. The van der Waals surface area contributed by atoms with Crippen molar-refractivity contribution in [2.24, 2.45) is 0 Å². The van der Waals surface area contributed by atoms with Crippen molar-refractivity contribution in [3.63, 3.8) is 0 Å². The molecule has 0 heterocycles. The maximum atomic E-state index is 12.7. The van der Waals surface area contributed by atoms with Crippen molar-refractivity contribution in [2.45, 2.75) is 200 Å². The van der Waals surface area contributed by atoms with Gasteiger partial charge in [-0.3, -0.25) is 14.4 Å². The zero-order valence-electron chi connectivity index (χ0n) is 38.4. The largest absolute Gasteiger partial charge is 0.462 e. The van der Waals surface area contributed by atoms with Gasteiger partial charge in [0.1, 0.15) is 13.2 Å². The van der Waals surface area contributed by atoms with E-state index < -0.39 is 6.10 Å². The van der Waals surface area contributed by atoms with Gasteiger partial charge >= 0.3 is 17.9 Å². The zero-order valence-corrected chi connectivity index (χ0v) is 38.4. The van der Waals surface area contributed by atoms with Crippen LogP contribution in [-0.4, -0.2) is 37.2 Å². The fraction of sp³-hybridized carbons (Fsp3) is 0.611. The molecule has 0 aromatic carbocycles. The molecule has 0 aliphatic heterocycles. The number of allylic oxidation sites excluding steroid dienone is 18. The quantitative estimate of drug-likeness (QED) is 0.0264. The van der Waals surface area contributed by atoms with Crippen molar-refractivity contribution in [1.29, 1.82) is 0 Å². The monoisotopic (exact) mass is 831 g/mol. The molecule has 1 atom stereocenters. The van der Waals surface area contributed by atoms with Crippen molar-refractivity contribution in [2.75, 3.05) is 13.2 Å². The standard InChI is InChI=1S/C54H86O6/c1-4-7-10-13-16-19-22-24-25-26-27-28-29-30-33-35-38-41-44-47-53(56)59-50-51(49-58-52(55)46-43-40-37-34-31-21-18-15-12-9-6-3)60-54(57)48-45-42-39-36-32-23-20-17-14-11-8-5-2/h7-8,10-11,16-17,19-20,24-25,27-28,30,32-33,36,38,41,51H,4-6,9,12-15,18,21-23,26,29,31,34-35,37,39-40,42-50H2,1-3H3/b10-7-,11-8-,19-16-,20-17-,25-24-,28-27-,33-30-,36-32-,41-38-. The highest BCUT2D eigenvalue weighted by Crippen LogP contribution is 2.13. The van der Waals surface area contributed by atoms with Crippen molar-refractivity contribution >= 4 is 17.9 Å². The van der Waals surface area contributed by atoms with E-state index in [1.165, 1.54) is 51.4 Å². The van der Waals surface area contributed by atoms with Crippen LogP contribution < -0.4 is 0 Å². The van der Waals surface area contributed by atoms with E-state index in [0.717, 1.165) is 89.9 Å². The normalized spacial score (nSPS) is 13.1. The molecule has 0 aliphatic carbocycles. The molecule has 0 saturated heterocycles. The van der Waals surface area contributed by atoms with Crippen molar-refractivity contribution in [3.05, 3.63) is 109 Å². The summed E-state index contributed by atoms with van der Waals surface area (Å²) in [5.74, 6) is -1.06. The van der Waals surface area contributed by atoms with Crippen LogP contribution in [0, 0.1) is 0 Å². The summed E-state index contributed by atoms with van der Waals surface area (Å²) in [6.45, 7) is 6.27. The molecule has 0 spiro atoms. The van der Waals surface area contributed by atoms with Gasteiger partial charge in [0.15, 0.2) is 6.10 Å². The minimum atomic E-state index is -0.826. The highest BCUT2D eigenvalue weighted by Gasteiger charge is 2.19. The van der Waals surface area contributed by atoms with Gasteiger partial charge in [0.25, 0.3) is 0 Å². The summed E-state index contributed by atoms with van der Waals surface area (Å²) in [5, 5.41) is 0. The Bertz CT molecular complexity index is 1280. The van der Waals surface area contributed by atoms with Gasteiger partial charge in [0, 0.05) is 19.3 Å². The minimum absolute atomic E-state index is 0.118. The second-order valence-electron chi connectivity index (χ2n) is 15.3. The molecule has 0 aromatic heterocycles. The molecule has 0 rings (SSSR count). The van der Waals surface area contributed by atoms with Gasteiger partial charge in [-0.05, 0) is 89.9 Å². The van der Waals surface area contributed by atoms with Gasteiger partial charge in [0.2, 0.25) is 0 Å². The summed E-state index contributed by atoms with van der Waals surface area (Å²) < 4.78 is 16.6. The van der Waals surface area contributed by atoms with E-state index in [-0.39, 0.29) is 44.0 Å². The van der Waals surface area contributed by atoms with Gasteiger partial charge < -0.3 is 14.2 Å². The smallest absolute Gasteiger partial charge is 0.306 e. The van der Waals surface area contributed by atoms with Crippen molar-refractivity contribution in [1.82, 2.24) is 0 Å². The second kappa shape index (κ2) is 47.7. The maximum Gasteiger partial charge on any atom is 0.306 e. The average Bonchev–Trinajstić information content (AvgIpc) is 3.24. The fourth-order valence-corrected chi connectivity index (χ4v) is 6.01. The first-order valence-electron chi connectivity index (χ1n) is 23.9. The van der Waals surface area contributed by atoms with Crippen LogP contribution in [-0.2, 0) is 28.6 Å². The summed E-state index contributed by atoms with van der Waals surface area (Å²) >= 11 is 0. The Labute approximate surface area is 368 Å². The molecule has 0 bridgehead atoms. The molecule has 1 unspecified atom stereocenters. The molecule has 338 valence electrons. The summed E-state index contributed by atoms with van der Waals surface area (Å²) in [6.07, 6.45) is 63.7. The molecule has 0 amide bonds. The Kier molecular flexibility index (Phi) is 44.6. The van der Waals surface area contributed by atoms with Crippen molar-refractivity contribution < 1.29 is 28.6 Å². The predicted octanol–water partition coefficient (Wildman–Crippen LogP) is 15.6. The summed E-state index contributed by atoms with van der Waals surface area (Å²) in [7, 11) is 0. The van der Waals surface area contributed by atoms with E-state index in [1.54, 1.807) is 0 Å². The van der Waals surface area contributed by atoms with E-state index in [9.17, 15) is 14.4 Å². The molecule has 0 radical (unpaired) electrons. The Morgan fingerprint density at radius 3 is 1.12 bits per heavy atom. The van der Waals surface area contributed by atoms with Gasteiger partial charge in [0.05, 0.1) is 0 Å². The van der Waals surface area contributed by atoms with Crippen LogP contribution in [0.2, 0.25) is 0 Å². The number of unbranched alkanes of at least 4 members (excludes halogenated alkanes) is 12. The number of hydrogen-bond acceptors (Lipinski definition) is 6. The zero-order chi connectivity index (χ0) is 43.7. The van der Waals surface area contributed by atoms with Crippen LogP contribution in [0.5, 0.6) is 0 Å². The molecule has 0 N–H and O–H groups in total. The Hall–Kier alpha value is -3.93. The molecule has 0 aromatic rings. The van der Waals surface area contributed by atoms with Crippen LogP contribution in [0.4, 0.5) is 0 Å². The third-order valence-electron chi connectivity index (χ3n) is 9.54. The Balaban J connectivity index is 4.54. The molecule has 6 heteroatoms. The lowest BCUT2D eigenvalue weighted by Crippen LogP contribution is -2.30. The molecule has 0 aliphatic rings. The summed E-state index contributed by atoms with van der Waals surface area (Å²) in [5.41, 5.74) is 0. The van der Waals surface area contributed by atoms with Crippen LogP contribution in [0.1, 0.15) is 194 Å². The van der Waals surface area contributed by atoms with Crippen LogP contribution in [0.25, 0.3) is 0 Å². The lowest BCUT2D eigenvalue weighted by Gasteiger charge is -2.18. The maximum absolute atomic E-state index is 12.7. The first kappa shape index (κ1) is 56.1. The molecule has 6 nitrogen and oxygen atoms in total. The second-order valence-corrected chi connectivity index (χ2v) is 15.3. The number of carbonyl (C=O) groups is 3. The first-order chi connectivity index (χ1) is 29.5. The topological polar surface area (TPSA) is 78.9 Å². The Morgan fingerprint density at radius 1 is 0.350 bits per heavy atom. The number of esters is 3. The third-order valence-corrected chi connectivity index (χ3v) is 9.54.